The first-order valence-corrected chi connectivity index (χ1v) is 9.32. The SMILES string of the molecule is CCNC(=NCC(=O)N1CCCC1)NCCNC(=O)c1ccccc1Cl. The summed E-state index contributed by atoms with van der Waals surface area (Å²) in [5, 5.41) is 9.43. The Morgan fingerprint density at radius 1 is 1.12 bits per heavy atom. The molecule has 142 valence electrons. The predicted molar refractivity (Wildman–Crippen MR) is 104 cm³/mol. The maximum atomic E-state index is 12.1. The molecular weight excluding hydrogens is 354 g/mol. The van der Waals surface area contributed by atoms with Crippen molar-refractivity contribution in [3.63, 3.8) is 0 Å². The Balaban J connectivity index is 1.75. The Labute approximate surface area is 159 Å². The highest BCUT2D eigenvalue weighted by atomic mass is 35.5. The van der Waals surface area contributed by atoms with Gasteiger partial charge in [0, 0.05) is 32.7 Å². The second kappa shape index (κ2) is 10.7. The van der Waals surface area contributed by atoms with Gasteiger partial charge >= 0.3 is 0 Å². The van der Waals surface area contributed by atoms with Crippen molar-refractivity contribution in [1.29, 1.82) is 0 Å². The van der Waals surface area contributed by atoms with E-state index < -0.39 is 0 Å². The van der Waals surface area contributed by atoms with Crippen LogP contribution >= 0.6 is 11.6 Å². The van der Waals surface area contributed by atoms with Crippen LogP contribution in [-0.2, 0) is 4.79 Å². The molecule has 1 heterocycles. The second-order valence-electron chi connectivity index (χ2n) is 5.95. The molecular formula is C18H26ClN5O2. The van der Waals surface area contributed by atoms with Crippen molar-refractivity contribution in [3.05, 3.63) is 34.9 Å². The number of guanidine groups is 1. The van der Waals surface area contributed by atoms with E-state index in [0.717, 1.165) is 25.9 Å². The molecule has 1 aliphatic heterocycles. The number of aliphatic imine (C=N–C) groups is 1. The maximum absolute atomic E-state index is 12.1. The van der Waals surface area contributed by atoms with E-state index in [1.54, 1.807) is 24.3 Å². The van der Waals surface area contributed by atoms with Crippen LogP contribution in [0.25, 0.3) is 0 Å². The minimum absolute atomic E-state index is 0.0479. The molecule has 26 heavy (non-hydrogen) atoms. The summed E-state index contributed by atoms with van der Waals surface area (Å²) in [7, 11) is 0. The van der Waals surface area contributed by atoms with Gasteiger partial charge in [0.2, 0.25) is 5.91 Å². The summed E-state index contributed by atoms with van der Waals surface area (Å²) in [6, 6.07) is 6.91. The van der Waals surface area contributed by atoms with Gasteiger partial charge in [-0.15, -0.1) is 0 Å². The summed E-state index contributed by atoms with van der Waals surface area (Å²) in [6.07, 6.45) is 2.14. The molecule has 1 aliphatic rings. The first-order chi connectivity index (χ1) is 12.6. The van der Waals surface area contributed by atoms with Crippen LogP contribution in [0, 0.1) is 0 Å². The number of carbonyl (C=O) groups is 2. The first-order valence-electron chi connectivity index (χ1n) is 8.94. The highest BCUT2D eigenvalue weighted by Crippen LogP contribution is 2.14. The average molecular weight is 380 g/mol. The normalized spacial score (nSPS) is 14.2. The Morgan fingerprint density at radius 3 is 2.50 bits per heavy atom. The van der Waals surface area contributed by atoms with Crippen molar-refractivity contribution in [2.45, 2.75) is 19.8 Å². The third-order valence-electron chi connectivity index (χ3n) is 4.00. The number of hydrogen-bond donors (Lipinski definition) is 3. The zero-order chi connectivity index (χ0) is 18.8. The number of amides is 2. The minimum Gasteiger partial charge on any atom is -0.357 e. The van der Waals surface area contributed by atoms with Crippen LogP contribution < -0.4 is 16.0 Å². The third-order valence-corrected chi connectivity index (χ3v) is 4.33. The zero-order valence-corrected chi connectivity index (χ0v) is 15.8. The van der Waals surface area contributed by atoms with Gasteiger partial charge in [0.1, 0.15) is 6.54 Å². The van der Waals surface area contributed by atoms with Crippen molar-refractivity contribution < 1.29 is 9.59 Å². The van der Waals surface area contributed by atoms with Gasteiger partial charge < -0.3 is 20.9 Å². The second-order valence-corrected chi connectivity index (χ2v) is 6.35. The molecule has 1 fully saturated rings. The van der Waals surface area contributed by atoms with Crippen molar-refractivity contribution in [3.8, 4) is 0 Å². The molecule has 8 heteroatoms. The largest absolute Gasteiger partial charge is 0.357 e. The van der Waals surface area contributed by atoms with E-state index in [4.69, 9.17) is 11.6 Å². The fourth-order valence-electron chi connectivity index (χ4n) is 2.65. The van der Waals surface area contributed by atoms with Gasteiger partial charge in [0.15, 0.2) is 5.96 Å². The molecule has 0 saturated carbocycles. The summed E-state index contributed by atoms with van der Waals surface area (Å²) in [6.45, 7) is 5.32. The Bertz CT molecular complexity index is 644. The number of hydrogen-bond acceptors (Lipinski definition) is 3. The molecule has 1 aromatic rings. The number of halogens is 1. The van der Waals surface area contributed by atoms with Gasteiger partial charge in [0.25, 0.3) is 5.91 Å². The summed E-state index contributed by atoms with van der Waals surface area (Å²) in [4.78, 5) is 30.3. The molecule has 1 saturated heterocycles. The molecule has 0 unspecified atom stereocenters. The molecule has 0 bridgehead atoms. The Morgan fingerprint density at radius 2 is 1.81 bits per heavy atom. The average Bonchev–Trinajstić information content (AvgIpc) is 3.18. The first kappa shape index (κ1) is 20.0. The van der Waals surface area contributed by atoms with Gasteiger partial charge in [-0.25, -0.2) is 4.99 Å². The fourth-order valence-corrected chi connectivity index (χ4v) is 2.87. The zero-order valence-electron chi connectivity index (χ0n) is 15.1. The number of likely N-dealkylation sites (tertiary alicyclic amines) is 1. The van der Waals surface area contributed by atoms with Crippen LogP contribution in [-0.4, -0.2) is 61.9 Å². The van der Waals surface area contributed by atoms with E-state index in [9.17, 15) is 9.59 Å². The number of rotatable bonds is 7. The Kier molecular flexibility index (Phi) is 8.21. The van der Waals surface area contributed by atoms with Crippen LogP contribution in [0.4, 0.5) is 0 Å². The summed E-state index contributed by atoms with van der Waals surface area (Å²) in [5.41, 5.74) is 0.450. The van der Waals surface area contributed by atoms with Crippen molar-refractivity contribution in [2.24, 2.45) is 4.99 Å². The molecule has 1 aromatic carbocycles. The number of nitrogens with zero attached hydrogens (tertiary/aromatic N) is 2. The smallest absolute Gasteiger partial charge is 0.252 e. The fraction of sp³-hybridized carbons (Fsp3) is 0.500. The van der Waals surface area contributed by atoms with Crippen molar-refractivity contribution >= 4 is 29.4 Å². The van der Waals surface area contributed by atoms with Crippen LogP contribution in [0.15, 0.2) is 29.3 Å². The molecule has 0 spiro atoms. The number of nitrogens with one attached hydrogen (secondary N) is 3. The molecule has 2 rings (SSSR count). The molecule has 0 aliphatic carbocycles. The molecule has 3 N–H and O–H groups in total. The number of benzene rings is 1. The quantitative estimate of drug-likeness (QED) is 0.378. The van der Waals surface area contributed by atoms with E-state index in [1.165, 1.54) is 0 Å². The third kappa shape index (κ3) is 6.22. The van der Waals surface area contributed by atoms with E-state index in [1.807, 2.05) is 11.8 Å². The summed E-state index contributed by atoms with van der Waals surface area (Å²) >= 11 is 6.01. The van der Waals surface area contributed by atoms with Gasteiger partial charge in [-0.1, -0.05) is 23.7 Å². The van der Waals surface area contributed by atoms with E-state index in [0.29, 0.717) is 36.2 Å². The lowest BCUT2D eigenvalue weighted by molar-refractivity contribution is -0.128. The molecule has 0 atom stereocenters. The lowest BCUT2D eigenvalue weighted by Crippen LogP contribution is -2.42. The minimum atomic E-state index is -0.219. The molecule has 0 aromatic heterocycles. The van der Waals surface area contributed by atoms with Gasteiger partial charge in [-0.05, 0) is 31.9 Å². The number of carbonyl (C=O) groups excluding carboxylic acids is 2. The van der Waals surface area contributed by atoms with Crippen molar-refractivity contribution in [1.82, 2.24) is 20.9 Å². The highest BCUT2D eigenvalue weighted by Gasteiger charge is 2.17. The lowest BCUT2D eigenvalue weighted by atomic mass is 10.2. The lowest BCUT2D eigenvalue weighted by Gasteiger charge is -2.15. The van der Waals surface area contributed by atoms with E-state index in [-0.39, 0.29) is 18.4 Å². The highest BCUT2D eigenvalue weighted by molar-refractivity contribution is 6.33. The molecule has 7 nitrogen and oxygen atoms in total. The van der Waals surface area contributed by atoms with Gasteiger partial charge in [0.05, 0.1) is 10.6 Å². The van der Waals surface area contributed by atoms with Gasteiger partial charge in [-0.2, -0.15) is 0 Å². The summed E-state index contributed by atoms with van der Waals surface area (Å²) < 4.78 is 0. The topological polar surface area (TPSA) is 85.8 Å². The van der Waals surface area contributed by atoms with E-state index >= 15 is 0 Å². The molecule has 0 radical (unpaired) electrons. The standard InChI is InChI=1S/C18H26ClN5O2/c1-2-20-18(23-13-16(25)24-11-5-6-12-24)22-10-9-21-17(26)14-7-3-4-8-15(14)19/h3-4,7-8H,2,5-6,9-13H2,1H3,(H,21,26)(H2,20,22,23). The van der Waals surface area contributed by atoms with Crippen LogP contribution in [0.3, 0.4) is 0 Å². The van der Waals surface area contributed by atoms with Crippen LogP contribution in [0.2, 0.25) is 5.02 Å². The van der Waals surface area contributed by atoms with Crippen LogP contribution in [0.1, 0.15) is 30.1 Å². The summed E-state index contributed by atoms with van der Waals surface area (Å²) in [5.74, 6) is 0.391. The van der Waals surface area contributed by atoms with Gasteiger partial charge in [-0.3, -0.25) is 9.59 Å². The maximum Gasteiger partial charge on any atom is 0.252 e. The van der Waals surface area contributed by atoms with Crippen LogP contribution in [0.5, 0.6) is 0 Å². The molecule has 2 amide bonds. The van der Waals surface area contributed by atoms with Crippen molar-refractivity contribution in [2.75, 3.05) is 39.3 Å². The monoisotopic (exact) mass is 379 g/mol. The predicted octanol–water partition coefficient (Wildman–Crippen LogP) is 1.25. The van der Waals surface area contributed by atoms with E-state index in [2.05, 4.69) is 20.9 Å². The Hall–Kier alpha value is -2.28.